The second-order valence-corrected chi connectivity index (χ2v) is 6.75. The third-order valence-electron chi connectivity index (χ3n) is 4.71. The second-order valence-electron chi connectivity index (χ2n) is 6.75. The van der Waals surface area contributed by atoms with Gasteiger partial charge in [-0.1, -0.05) is 6.92 Å². The summed E-state index contributed by atoms with van der Waals surface area (Å²) >= 11 is 0. The third kappa shape index (κ3) is 4.02. The van der Waals surface area contributed by atoms with Gasteiger partial charge in [0.1, 0.15) is 0 Å². The molecule has 22 heavy (non-hydrogen) atoms. The van der Waals surface area contributed by atoms with Crippen LogP contribution in [0.1, 0.15) is 57.3 Å². The van der Waals surface area contributed by atoms with Crippen molar-refractivity contribution in [1.29, 1.82) is 0 Å². The molecular weight excluding hydrogens is 272 g/mol. The number of benzene rings is 1. The molecule has 1 aromatic rings. The lowest BCUT2D eigenvalue weighted by Gasteiger charge is -2.28. The molecule has 1 unspecified atom stereocenters. The quantitative estimate of drug-likeness (QED) is 0.833. The van der Waals surface area contributed by atoms with E-state index < -0.39 is 0 Å². The minimum absolute atomic E-state index is 0.188. The van der Waals surface area contributed by atoms with Crippen LogP contribution in [0, 0.1) is 5.92 Å². The lowest BCUT2D eigenvalue weighted by atomic mass is 10.0. The number of nitrogens with zero attached hydrogens (tertiary/aromatic N) is 2. The molecule has 1 heterocycles. The number of likely N-dealkylation sites (tertiary alicyclic amines) is 1. The lowest BCUT2D eigenvalue weighted by Crippen LogP contribution is -2.32. The van der Waals surface area contributed by atoms with Crippen LogP contribution in [0.5, 0.6) is 0 Å². The summed E-state index contributed by atoms with van der Waals surface area (Å²) < 4.78 is 0. The Morgan fingerprint density at radius 3 is 2.50 bits per heavy atom. The molecule has 0 N–H and O–H groups in total. The molecule has 1 aromatic carbocycles. The Balaban J connectivity index is 2.07. The maximum atomic E-state index is 12.7. The topological polar surface area (TPSA) is 23.6 Å². The highest BCUT2D eigenvalue weighted by Gasteiger charge is 2.20. The van der Waals surface area contributed by atoms with Crippen LogP contribution in [-0.4, -0.2) is 36.5 Å². The Morgan fingerprint density at radius 2 is 1.91 bits per heavy atom. The van der Waals surface area contributed by atoms with Crippen LogP contribution in [0.3, 0.4) is 0 Å². The van der Waals surface area contributed by atoms with Gasteiger partial charge in [0.25, 0.3) is 5.91 Å². The largest absolute Gasteiger partial charge is 0.369 e. The molecule has 2 rings (SSSR count). The van der Waals surface area contributed by atoms with Crippen LogP contribution >= 0.6 is 0 Å². The molecule has 0 spiro atoms. The molecule has 1 aliphatic heterocycles. The van der Waals surface area contributed by atoms with E-state index in [0.29, 0.717) is 6.04 Å². The van der Waals surface area contributed by atoms with E-state index in [4.69, 9.17) is 0 Å². The molecule has 122 valence electrons. The Labute approximate surface area is 135 Å². The standard InChI is InChI=1S/C19H30N2O/c1-5-21(15(2)3)18-10-8-17(9-11-18)19(22)20-13-6-7-16(4)12-14-20/h8-11,15-16H,5-7,12-14H2,1-4H3. The van der Waals surface area contributed by atoms with Gasteiger partial charge in [-0.05, 0) is 70.2 Å². The predicted octanol–water partition coefficient (Wildman–Crippen LogP) is 4.18. The van der Waals surface area contributed by atoms with Crippen molar-refractivity contribution >= 4 is 11.6 Å². The Bertz CT molecular complexity index is 481. The first kappa shape index (κ1) is 16.9. The van der Waals surface area contributed by atoms with Gasteiger partial charge in [0.05, 0.1) is 0 Å². The summed E-state index contributed by atoms with van der Waals surface area (Å²) in [4.78, 5) is 17.0. The maximum absolute atomic E-state index is 12.7. The van der Waals surface area contributed by atoms with Crippen LogP contribution < -0.4 is 4.90 Å². The van der Waals surface area contributed by atoms with Gasteiger partial charge in [0.15, 0.2) is 0 Å². The van der Waals surface area contributed by atoms with Crippen LogP contribution in [0.25, 0.3) is 0 Å². The molecule has 0 radical (unpaired) electrons. The monoisotopic (exact) mass is 302 g/mol. The number of carbonyl (C=O) groups is 1. The van der Waals surface area contributed by atoms with Gasteiger partial charge in [-0.2, -0.15) is 0 Å². The minimum atomic E-state index is 0.188. The molecule has 1 amide bonds. The lowest BCUT2D eigenvalue weighted by molar-refractivity contribution is 0.0760. The summed E-state index contributed by atoms with van der Waals surface area (Å²) in [6.45, 7) is 11.6. The molecule has 1 saturated heterocycles. The van der Waals surface area contributed by atoms with E-state index >= 15 is 0 Å². The first-order valence-electron chi connectivity index (χ1n) is 8.69. The first-order valence-corrected chi connectivity index (χ1v) is 8.69. The number of amides is 1. The molecule has 1 atom stereocenters. The summed E-state index contributed by atoms with van der Waals surface area (Å²) in [5.74, 6) is 0.928. The molecule has 0 bridgehead atoms. The molecule has 3 nitrogen and oxygen atoms in total. The fourth-order valence-electron chi connectivity index (χ4n) is 3.29. The van der Waals surface area contributed by atoms with Crippen molar-refractivity contribution in [3.8, 4) is 0 Å². The van der Waals surface area contributed by atoms with E-state index in [0.717, 1.165) is 44.0 Å². The molecule has 1 aliphatic rings. The summed E-state index contributed by atoms with van der Waals surface area (Å²) in [6, 6.07) is 8.60. The molecule has 1 fully saturated rings. The normalized spacial score (nSPS) is 19.1. The van der Waals surface area contributed by atoms with Gasteiger partial charge in [-0.15, -0.1) is 0 Å². The van der Waals surface area contributed by atoms with Crippen molar-refractivity contribution in [2.45, 2.75) is 53.0 Å². The van der Waals surface area contributed by atoms with Gasteiger partial charge in [0.2, 0.25) is 0 Å². The van der Waals surface area contributed by atoms with E-state index in [2.05, 4.69) is 44.7 Å². The van der Waals surface area contributed by atoms with Crippen molar-refractivity contribution in [2.24, 2.45) is 5.92 Å². The van der Waals surface area contributed by atoms with Crippen molar-refractivity contribution in [3.05, 3.63) is 29.8 Å². The second kappa shape index (κ2) is 7.66. The highest BCUT2D eigenvalue weighted by atomic mass is 16.2. The Hall–Kier alpha value is -1.51. The van der Waals surface area contributed by atoms with Crippen molar-refractivity contribution in [3.63, 3.8) is 0 Å². The van der Waals surface area contributed by atoms with Crippen molar-refractivity contribution < 1.29 is 4.79 Å². The average Bonchev–Trinajstić information content (AvgIpc) is 2.72. The van der Waals surface area contributed by atoms with Crippen molar-refractivity contribution in [2.75, 3.05) is 24.5 Å². The Morgan fingerprint density at radius 1 is 1.23 bits per heavy atom. The molecule has 3 heteroatoms. The third-order valence-corrected chi connectivity index (χ3v) is 4.71. The van der Waals surface area contributed by atoms with Gasteiger partial charge >= 0.3 is 0 Å². The Kier molecular flexibility index (Phi) is 5.87. The zero-order valence-electron chi connectivity index (χ0n) is 14.5. The zero-order valence-corrected chi connectivity index (χ0v) is 14.5. The van der Waals surface area contributed by atoms with Gasteiger partial charge in [0, 0.05) is 36.9 Å². The summed E-state index contributed by atoms with van der Waals surface area (Å²) in [5, 5.41) is 0. The van der Waals surface area contributed by atoms with E-state index in [9.17, 15) is 4.79 Å². The van der Waals surface area contributed by atoms with Crippen LogP contribution in [0.15, 0.2) is 24.3 Å². The van der Waals surface area contributed by atoms with Crippen molar-refractivity contribution in [1.82, 2.24) is 4.90 Å². The van der Waals surface area contributed by atoms with Gasteiger partial charge < -0.3 is 9.80 Å². The number of hydrogen-bond acceptors (Lipinski definition) is 2. The predicted molar refractivity (Wildman–Crippen MR) is 93.5 cm³/mol. The first-order chi connectivity index (χ1) is 10.5. The minimum Gasteiger partial charge on any atom is -0.369 e. The fourth-order valence-corrected chi connectivity index (χ4v) is 3.29. The van der Waals surface area contributed by atoms with E-state index in [1.165, 1.54) is 12.1 Å². The van der Waals surface area contributed by atoms with E-state index in [1.54, 1.807) is 0 Å². The van der Waals surface area contributed by atoms with E-state index in [1.807, 2.05) is 17.0 Å². The number of hydrogen-bond donors (Lipinski definition) is 0. The summed E-state index contributed by atoms with van der Waals surface area (Å²) in [6.07, 6.45) is 3.49. The van der Waals surface area contributed by atoms with Crippen LogP contribution in [0.4, 0.5) is 5.69 Å². The molecular formula is C19H30N2O. The number of rotatable bonds is 4. The number of carbonyl (C=O) groups excluding carboxylic acids is 1. The maximum Gasteiger partial charge on any atom is 0.253 e. The van der Waals surface area contributed by atoms with E-state index in [-0.39, 0.29) is 5.91 Å². The van der Waals surface area contributed by atoms with Gasteiger partial charge in [-0.25, -0.2) is 0 Å². The molecule has 0 aliphatic carbocycles. The summed E-state index contributed by atoms with van der Waals surface area (Å²) in [7, 11) is 0. The highest BCUT2D eigenvalue weighted by molar-refractivity contribution is 5.94. The van der Waals surface area contributed by atoms with Crippen LogP contribution in [-0.2, 0) is 0 Å². The molecule has 0 saturated carbocycles. The van der Waals surface area contributed by atoms with Gasteiger partial charge in [-0.3, -0.25) is 4.79 Å². The smallest absolute Gasteiger partial charge is 0.253 e. The average molecular weight is 302 g/mol. The zero-order chi connectivity index (χ0) is 16.1. The summed E-state index contributed by atoms with van der Waals surface area (Å²) in [5.41, 5.74) is 2.01. The fraction of sp³-hybridized carbons (Fsp3) is 0.632. The number of anilines is 1. The van der Waals surface area contributed by atoms with Crippen LogP contribution in [0.2, 0.25) is 0 Å². The highest BCUT2D eigenvalue weighted by Crippen LogP contribution is 2.21. The SMILES string of the molecule is CCN(c1ccc(C(=O)N2CCCC(C)CC2)cc1)C(C)C. The molecule has 0 aromatic heterocycles.